The number of nitrogens with one attached hydrogen (secondary N) is 1. The Hall–Kier alpha value is -1.83. The van der Waals surface area contributed by atoms with Gasteiger partial charge in [0.2, 0.25) is 0 Å². The molecule has 90 valence electrons. The number of thiocarbonyl (C=S) groups is 1. The van der Waals surface area contributed by atoms with Gasteiger partial charge in [-0.05, 0) is 12.2 Å². The van der Waals surface area contributed by atoms with Crippen molar-refractivity contribution in [3.05, 3.63) is 0 Å². The molecule has 4 N–H and O–H groups in total. The molecule has 0 aromatic rings. The molecule has 0 saturated heterocycles. The smallest absolute Gasteiger partial charge is 0.317 e. The van der Waals surface area contributed by atoms with Crippen LogP contribution in [0.15, 0.2) is 0 Å². The molecule has 16 heavy (non-hydrogen) atoms. The quantitative estimate of drug-likeness (QED) is 0.355. The predicted molar refractivity (Wildman–Crippen MR) is 54.7 cm³/mol. The van der Waals surface area contributed by atoms with Crippen molar-refractivity contribution in [2.24, 2.45) is 0 Å². The van der Waals surface area contributed by atoms with Gasteiger partial charge in [0.1, 0.15) is 0 Å². The van der Waals surface area contributed by atoms with E-state index in [4.69, 9.17) is 20.7 Å². The molecule has 0 aromatic carbocycles. The molecule has 0 rings (SSSR count). The number of hydrogen-bond donors (Lipinski definition) is 4. The molecule has 0 aliphatic rings. The van der Waals surface area contributed by atoms with E-state index in [1.54, 1.807) is 5.16 Å². The van der Waals surface area contributed by atoms with Gasteiger partial charge in [0, 0.05) is 0 Å². The molecule has 8 nitrogen and oxygen atoms in total. The average molecular weight is 250 g/mol. The summed E-state index contributed by atoms with van der Waals surface area (Å²) in [5.41, 5.74) is 0. The summed E-state index contributed by atoms with van der Waals surface area (Å²) >= 11 is 3.81. The molecule has 0 radical (unpaired) electrons. The first-order valence-corrected chi connectivity index (χ1v) is 4.15. The van der Waals surface area contributed by atoms with Crippen molar-refractivity contribution in [1.82, 2.24) is 4.90 Å². The molecule has 0 aliphatic carbocycles. The lowest BCUT2D eigenvalue weighted by molar-refractivity contribution is -0.144. The van der Waals surface area contributed by atoms with Crippen molar-refractivity contribution in [1.29, 1.82) is 5.41 Å². The first-order valence-electron chi connectivity index (χ1n) is 3.75. The second kappa shape index (κ2) is 9.71. The summed E-state index contributed by atoms with van der Waals surface area (Å²) in [5.74, 6) is -3.78. The Bertz CT molecular complexity index is 261. The van der Waals surface area contributed by atoms with Crippen LogP contribution >= 0.6 is 12.2 Å². The third-order valence-electron chi connectivity index (χ3n) is 1.08. The number of rotatable bonds is 6. The Labute approximate surface area is 95.6 Å². The zero-order chi connectivity index (χ0) is 13.1. The maximum atomic E-state index is 10.1. The highest BCUT2D eigenvalue weighted by atomic mass is 32.1. The van der Waals surface area contributed by atoms with Crippen LogP contribution < -0.4 is 0 Å². The van der Waals surface area contributed by atoms with Crippen LogP contribution in [0, 0.1) is 5.41 Å². The fourth-order valence-electron chi connectivity index (χ4n) is 0.742. The van der Waals surface area contributed by atoms with E-state index in [-0.39, 0.29) is 0 Å². The number of isothiocyanates is 1. The highest BCUT2D eigenvalue weighted by molar-refractivity contribution is 7.78. The molecule has 0 atom stereocenters. The lowest BCUT2D eigenvalue weighted by Crippen LogP contribution is -2.38. The molecule has 0 bridgehead atoms. The van der Waals surface area contributed by atoms with Gasteiger partial charge in [-0.1, -0.05) is 0 Å². The molecule has 0 heterocycles. The van der Waals surface area contributed by atoms with Gasteiger partial charge in [0.15, 0.2) is 0 Å². The number of carbonyl (C=O) groups is 3. The minimum Gasteiger partial charge on any atom is -0.480 e. The highest BCUT2D eigenvalue weighted by Gasteiger charge is 2.15. The van der Waals surface area contributed by atoms with E-state index in [2.05, 4.69) is 12.2 Å². The second-order valence-electron chi connectivity index (χ2n) is 2.43. The van der Waals surface area contributed by atoms with Crippen LogP contribution in [0.1, 0.15) is 0 Å². The second-order valence-corrected chi connectivity index (χ2v) is 2.63. The molecule has 0 saturated carbocycles. The largest absolute Gasteiger partial charge is 0.480 e. The summed E-state index contributed by atoms with van der Waals surface area (Å²) in [4.78, 5) is 31.2. The zero-order valence-electron chi connectivity index (χ0n) is 8.04. The summed E-state index contributed by atoms with van der Waals surface area (Å²) in [6, 6.07) is 0. The Balaban J connectivity index is 0. The monoisotopic (exact) mass is 250 g/mol. The maximum absolute atomic E-state index is 10.1. The number of carboxylic acid groups (broad SMARTS) is 3. The zero-order valence-corrected chi connectivity index (χ0v) is 8.86. The van der Waals surface area contributed by atoms with Crippen molar-refractivity contribution in [2.75, 3.05) is 19.6 Å². The van der Waals surface area contributed by atoms with Gasteiger partial charge in [0.25, 0.3) is 0 Å². The standard InChI is InChI=1S/C6H9NO6.CHNS/c8-4(9)1-7(2-5(10)11)3-6(12)13;2-1-3/h1-3H2,(H,8,9)(H,10,11)(H,12,13);2H. The van der Waals surface area contributed by atoms with Gasteiger partial charge >= 0.3 is 17.9 Å². The van der Waals surface area contributed by atoms with Crippen molar-refractivity contribution in [3.8, 4) is 0 Å². The first-order chi connectivity index (χ1) is 7.33. The number of aliphatic carboxylic acids is 3. The normalized spacial score (nSPS) is 8.56. The van der Waals surface area contributed by atoms with Gasteiger partial charge in [-0.3, -0.25) is 19.3 Å². The molecule has 0 spiro atoms. The molecule has 0 amide bonds. The summed E-state index contributed by atoms with van der Waals surface area (Å²) in [6.45, 7) is -1.80. The third-order valence-corrected chi connectivity index (χ3v) is 1.08. The van der Waals surface area contributed by atoms with Crippen molar-refractivity contribution >= 4 is 35.3 Å². The van der Waals surface area contributed by atoms with E-state index in [0.29, 0.717) is 0 Å². The average Bonchev–Trinajstić information content (AvgIpc) is 2.00. The van der Waals surface area contributed by atoms with E-state index in [1.165, 1.54) is 0 Å². The maximum Gasteiger partial charge on any atom is 0.317 e. The van der Waals surface area contributed by atoms with Crippen LogP contribution in [0.5, 0.6) is 0 Å². The number of hydrogen-bond acceptors (Lipinski definition) is 6. The van der Waals surface area contributed by atoms with Gasteiger partial charge in [-0.15, -0.1) is 0 Å². The Morgan fingerprint density at radius 1 is 1.00 bits per heavy atom. The lowest BCUT2D eigenvalue weighted by Gasteiger charge is -2.14. The predicted octanol–water partition coefficient (Wildman–Crippen LogP) is -0.790. The molecule has 0 fully saturated rings. The lowest BCUT2D eigenvalue weighted by atomic mass is 10.4. The van der Waals surface area contributed by atoms with E-state index in [9.17, 15) is 14.4 Å². The van der Waals surface area contributed by atoms with E-state index in [1.807, 2.05) is 0 Å². The van der Waals surface area contributed by atoms with Gasteiger partial charge < -0.3 is 15.3 Å². The van der Waals surface area contributed by atoms with Crippen LogP contribution in [-0.4, -0.2) is 62.9 Å². The van der Waals surface area contributed by atoms with Gasteiger partial charge in [0.05, 0.1) is 24.8 Å². The van der Waals surface area contributed by atoms with Crippen LogP contribution in [0.2, 0.25) is 0 Å². The van der Waals surface area contributed by atoms with Crippen LogP contribution in [0.3, 0.4) is 0 Å². The van der Waals surface area contributed by atoms with Crippen molar-refractivity contribution in [2.45, 2.75) is 0 Å². The van der Waals surface area contributed by atoms with Crippen LogP contribution in [0.25, 0.3) is 0 Å². The summed E-state index contributed by atoms with van der Waals surface area (Å²) in [6.07, 6.45) is 0. The highest BCUT2D eigenvalue weighted by Crippen LogP contribution is 1.87. The summed E-state index contributed by atoms with van der Waals surface area (Å²) in [7, 11) is 0. The van der Waals surface area contributed by atoms with E-state index in [0.717, 1.165) is 4.90 Å². The fourth-order valence-corrected chi connectivity index (χ4v) is 0.742. The SMILES string of the molecule is N=C=S.O=C(O)CN(CC(=O)O)CC(=O)O. The Morgan fingerprint density at radius 3 is 1.31 bits per heavy atom. The summed E-state index contributed by atoms with van der Waals surface area (Å²) in [5, 5.41) is 32.2. The molecule has 0 aromatic heterocycles. The Kier molecular flexibility index (Phi) is 10.1. The van der Waals surface area contributed by atoms with Crippen LogP contribution in [-0.2, 0) is 14.4 Å². The minimum absolute atomic E-state index is 0.599. The van der Waals surface area contributed by atoms with Crippen molar-refractivity contribution in [3.63, 3.8) is 0 Å². The molecular formula is C7H10N2O6S. The Morgan fingerprint density at radius 2 is 1.19 bits per heavy atom. The molecule has 0 unspecified atom stereocenters. The van der Waals surface area contributed by atoms with E-state index < -0.39 is 37.5 Å². The first kappa shape index (κ1) is 16.6. The summed E-state index contributed by atoms with van der Waals surface area (Å²) < 4.78 is 0. The van der Waals surface area contributed by atoms with Crippen LogP contribution in [0.4, 0.5) is 0 Å². The van der Waals surface area contributed by atoms with Gasteiger partial charge in [-0.2, -0.15) is 0 Å². The van der Waals surface area contributed by atoms with Crippen molar-refractivity contribution < 1.29 is 29.7 Å². The third kappa shape index (κ3) is 14.7. The molecule has 9 heteroatoms. The topological polar surface area (TPSA) is 139 Å². The fraction of sp³-hybridized carbons (Fsp3) is 0.429. The molecular weight excluding hydrogens is 240 g/mol. The number of nitrogens with zero attached hydrogens (tertiary/aromatic N) is 1. The molecule has 0 aliphatic heterocycles. The minimum atomic E-state index is -1.26. The van der Waals surface area contributed by atoms with E-state index >= 15 is 0 Å². The number of carboxylic acids is 3. The van der Waals surface area contributed by atoms with Gasteiger partial charge in [-0.25, -0.2) is 5.41 Å².